The third-order valence-corrected chi connectivity index (χ3v) is 5.92. The normalized spacial score (nSPS) is 23.6. The lowest BCUT2D eigenvalue weighted by molar-refractivity contribution is -0.534. The molecule has 0 spiro atoms. The summed E-state index contributed by atoms with van der Waals surface area (Å²) < 4.78 is 3.42. The molecule has 3 nitrogen and oxygen atoms in total. The zero-order valence-corrected chi connectivity index (χ0v) is 16.2. The highest BCUT2D eigenvalue weighted by molar-refractivity contribution is 9.10. The molecule has 2 aromatic rings. The van der Waals surface area contributed by atoms with Gasteiger partial charge in [0.1, 0.15) is 5.69 Å². The number of hydrogen-bond acceptors (Lipinski definition) is 2. The molecule has 1 N–H and O–H groups in total. The summed E-state index contributed by atoms with van der Waals surface area (Å²) in [5.41, 5.74) is 2.21. The number of anilines is 1. The average molecular weight is 400 g/mol. The van der Waals surface area contributed by atoms with Gasteiger partial charge in [-0.05, 0) is 49.9 Å². The third kappa shape index (κ3) is 2.91. The molecule has 0 unspecified atom stereocenters. The van der Waals surface area contributed by atoms with Crippen molar-refractivity contribution in [3.05, 3.63) is 64.1 Å². The van der Waals surface area contributed by atoms with Gasteiger partial charge in [-0.2, -0.15) is 4.90 Å². The van der Waals surface area contributed by atoms with Crippen molar-refractivity contribution < 1.29 is 9.68 Å². The lowest BCUT2D eigenvalue weighted by Crippen LogP contribution is -2.47. The quantitative estimate of drug-likeness (QED) is 0.756. The van der Waals surface area contributed by atoms with E-state index in [4.69, 9.17) is 0 Å². The molecule has 1 atom stereocenters. The van der Waals surface area contributed by atoms with Gasteiger partial charge in [-0.15, -0.1) is 0 Å². The topological polar surface area (TPSA) is 26.5 Å². The Bertz CT molecular complexity index is 815. The monoisotopic (exact) mass is 399 g/mol. The molecule has 0 bridgehead atoms. The highest BCUT2D eigenvalue weighted by Crippen LogP contribution is 2.39. The van der Waals surface area contributed by atoms with Gasteiger partial charge in [0.05, 0.1) is 6.54 Å². The van der Waals surface area contributed by atoms with Crippen molar-refractivity contribution in [1.29, 1.82) is 0 Å². The van der Waals surface area contributed by atoms with Gasteiger partial charge < -0.3 is 5.11 Å². The number of para-hydroxylation sites is 1. The second-order valence-corrected chi connectivity index (χ2v) is 8.01. The fourth-order valence-electron chi connectivity index (χ4n) is 4.11. The Kier molecular flexibility index (Phi) is 4.42. The predicted octanol–water partition coefficient (Wildman–Crippen LogP) is 4.41. The van der Waals surface area contributed by atoms with Gasteiger partial charge in [0, 0.05) is 16.5 Å². The molecule has 2 heterocycles. The van der Waals surface area contributed by atoms with Crippen LogP contribution in [0.15, 0.2) is 53.0 Å². The molecule has 0 aliphatic carbocycles. The average Bonchev–Trinajstić information content (AvgIpc) is 2.74. The van der Waals surface area contributed by atoms with E-state index < -0.39 is 5.72 Å². The smallest absolute Gasteiger partial charge is 0.275 e. The van der Waals surface area contributed by atoms with E-state index in [9.17, 15) is 5.11 Å². The molecule has 2 aliphatic heterocycles. The van der Waals surface area contributed by atoms with Gasteiger partial charge in [0.2, 0.25) is 0 Å². The summed E-state index contributed by atoms with van der Waals surface area (Å²) in [5.74, 6) is 1.26. The number of halogens is 1. The van der Waals surface area contributed by atoms with E-state index in [1.807, 2.05) is 24.3 Å². The van der Waals surface area contributed by atoms with Crippen LogP contribution in [0.4, 0.5) is 5.69 Å². The van der Waals surface area contributed by atoms with E-state index in [0.29, 0.717) is 6.54 Å². The summed E-state index contributed by atoms with van der Waals surface area (Å²) in [4.78, 5) is 2.19. The number of benzene rings is 2. The summed E-state index contributed by atoms with van der Waals surface area (Å²) in [6.45, 7) is 3.77. The molecule has 4 heteroatoms. The van der Waals surface area contributed by atoms with Crippen LogP contribution in [0, 0.1) is 6.92 Å². The van der Waals surface area contributed by atoms with Gasteiger partial charge in [-0.25, -0.2) is 0 Å². The Morgan fingerprint density at radius 1 is 1.04 bits per heavy atom. The molecule has 0 radical (unpaired) electrons. The van der Waals surface area contributed by atoms with Crippen molar-refractivity contribution in [2.75, 3.05) is 18.0 Å². The fraction of sp³-hybridized carbons (Fsp3) is 0.381. The number of aryl methyl sites for hydroxylation is 1. The first-order valence-electron chi connectivity index (χ1n) is 9.05. The van der Waals surface area contributed by atoms with E-state index in [1.165, 1.54) is 30.7 Å². The van der Waals surface area contributed by atoms with Crippen LogP contribution in [0.1, 0.15) is 36.8 Å². The van der Waals surface area contributed by atoms with Crippen LogP contribution < -0.4 is 4.90 Å². The van der Waals surface area contributed by atoms with Crippen molar-refractivity contribution in [2.24, 2.45) is 0 Å². The molecule has 4 rings (SSSR count). The van der Waals surface area contributed by atoms with Crippen LogP contribution in [0.2, 0.25) is 0 Å². The van der Waals surface area contributed by atoms with E-state index in [0.717, 1.165) is 28.7 Å². The van der Waals surface area contributed by atoms with Gasteiger partial charge in [-0.1, -0.05) is 46.3 Å². The molecule has 0 amide bonds. The number of hydrogen-bond donors (Lipinski definition) is 1. The molecule has 2 aliphatic rings. The predicted molar refractivity (Wildman–Crippen MR) is 105 cm³/mol. The van der Waals surface area contributed by atoms with Gasteiger partial charge >= 0.3 is 0 Å². The fourth-order valence-corrected chi connectivity index (χ4v) is 4.38. The minimum atomic E-state index is -1.03. The molecule has 2 aromatic carbocycles. The molecule has 25 heavy (non-hydrogen) atoms. The SMILES string of the molecule is Cc1ccccc1N1C2=[N+](CCCCC2)C[C@]1(O)c1ccc(Br)cc1. The maximum Gasteiger partial charge on any atom is 0.275 e. The number of nitrogens with zero attached hydrogens (tertiary/aromatic N) is 2. The Morgan fingerprint density at radius 3 is 2.56 bits per heavy atom. The van der Waals surface area contributed by atoms with Crippen molar-refractivity contribution in [2.45, 2.75) is 38.3 Å². The Hall–Kier alpha value is -1.65. The lowest BCUT2D eigenvalue weighted by Gasteiger charge is -2.30. The summed E-state index contributed by atoms with van der Waals surface area (Å²) >= 11 is 3.50. The maximum atomic E-state index is 11.9. The highest BCUT2D eigenvalue weighted by atomic mass is 79.9. The van der Waals surface area contributed by atoms with Gasteiger partial charge in [0.25, 0.3) is 11.6 Å². The van der Waals surface area contributed by atoms with E-state index in [-0.39, 0.29) is 0 Å². The van der Waals surface area contributed by atoms with Crippen LogP contribution in [0.3, 0.4) is 0 Å². The number of aliphatic hydroxyl groups is 1. The molecule has 0 saturated carbocycles. The summed E-state index contributed by atoms with van der Waals surface area (Å²) in [6.07, 6.45) is 4.66. The van der Waals surface area contributed by atoms with E-state index in [1.54, 1.807) is 0 Å². The first-order chi connectivity index (χ1) is 12.1. The molecular formula is C21H24BrN2O+. The van der Waals surface area contributed by atoms with Crippen LogP contribution in [-0.2, 0) is 5.72 Å². The zero-order chi connectivity index (χ0) is 17.4. The largest absolute Gasteiger partial charge is 0.346 e. The molecular weight excluding hydrogens is 376 g/mol. The lowest BCUT2D eigenvalue weighted by atomic mass is 9.99. The molecule has 0 saturated heterocycles. The van der Waals surface area contributed by atoms with Crippen LogP contribution in [0.25, 0.3) is 0 Å². The maximum absolute atomic E-state index is 11.9. The van der Waals surface area contributed by atoms with Crippen LogP contribution in [-0.4, -0.2) is 28.6 Å². The Labute approximate surface area is 157 Å². The highest BCUT2D eigenvalue weighted by Gasteiger charge is 2.54. The van der Waals surface area contributed by atoms with Crippen molar-refractivity contribution in [1.82, 2.24) is 0 Å². The minimum Gasteiger partial charge on any atom is -0.346 e. The first kappa shape index (κ1) is 16.8. The zero-order valence-electron chi connectivity index (χ0n) is 14.6. The van der Waals surface area contributed by atoms with E-state index in [2.05, 4.69) is 56.6 Å². The van der Waals surface area contributed by atoms with Crippen molar-refractivity contribution >= 4 is 27.5 Å². The summed E-state index contributed by atoms with van der Waals surface area (Å²) in [7, 11) is 0. The van der Waals surface area contributed by atoms with Crippen LogP contribution in [0.5, 0.6) is 0 Å². The van der Waals surface area contributed by atoms with Gasteiger partial charge in [-0.3, -0.25) is 4.58 Å². The van der Waals surface area contributed by atoms with Crippen molar-refractivity contribution in [3.63, 3.8) is 0 Å². The summed E-state index contributed by atoms with van der Waals surface area (Å²) in [5, 5.41) is 11.9. The Balaban J connectivity index is 1.86. The molecule has 0 fully saturated rings. The molecule has 0 aromatic heterocycles. The summed E-state index contributed by atoms with van der Waals surface area (Å²) in [6, 6.07) is 16.4. The Morgan fingerprint density at radius 2 is 1.80 bits per heavy atom. The van der Waals surface area contributed by atoms with Crippen LogP contribution >= 0.6 is 15.9 Å². The number of amidine groups is 1. The first-order valence-corrected chi connectivity index (χ1v) is 9.84. The minimum absolute atomic E-state index is 0.623. The second kappa shape index (κ2) is 6.58. The standard InChI is InChI=1S/C21H24BrN2O/c1-16-7-4-5-8-19(16)24-20-9-3-2-6-14-23(20)15-21(24,25)17-10-12-18(22)13-11-17/h4-5,7-8,10-13,25H,2-3,6,9,14-15H2,1H3/q+1/t21-/m0/s1. The van der Waals surface area contributed by atoms with E-state index >= 15 is 0 Å². The third-order valence-electron chi connectivity index (χ3n) is 5.40. The van der Waals surface area contributed by atoms with Gasteiger partial charge in [0.15, 0.2) is 6.54 Å². The molecule has 130 valence electrons. The second-order valence-electron chi connectivity index (χ2n) is 7.09. The number of rotatable bonds is 2. The van der Waals surface area contributed by atoms with Crippen molar-refractivity contribution in [3.8, 4) is 0 Å².